The Morgan fingerprint density at radius 2 is 1.34 bits per heavy atom. The molecular weight excluding hydrogens is 591 g/mol. The van der Waals surface area contributed by atoms with Crippen LogP contribution in [0.1, 0.15) is 0 Å². The fraction of sp³-hybridized carbons (Fsp3) is 0. The number of fused-ring (bicyclic) bond motifs is 2. The Balaban J connectivity index is 1.94. The first-order valence-corrected chi connectivity index (χ1v) is 14.2. The Labute approximate surface area is 203 Å². The maximum absolute atomic E-state index is 6.43. The fourth-order valence-corrected chi connectivity index (χ4v) is 12.0. The molecule has 4 aromatic rings. The lowest BCUT2D eigenvalue weighted by molar-refractivity contribution is 1.41. The Hall–Kier alpha value is -1.05. The molecule has 0 fully saturated rings. The van der Waals surface area contributed by atoms with Gasteiger partial charge in [0.25, 0.3) is 0 Å². The van der Waals surface area contributed by atoms with Crippen LogP contribution in [0.15, 0.2) is 105 Å². The highest BCUT2D eigenvalue weighted by Gasteiger charge is 2.46. The van der Waals surface area contributed by atoms with Gasteiger partial charge >= 0.3 is 0 Å². The second-order valence-corrected chi connectivity index (χ2v) is 14.4. The molecule has 0 bridgehead atoms. The summed E-state index contributed by atoms with van der Waals surface area (Å²) in [5.41, 5.74) is 0. The monoisotopic (exact) mass is 604 g/mol. The maximum Gasteiger partial charge on any atom is 0.181 e. The summed E-state index contributed by atoms with van der Waals surface area (Å²) < 4.78 is 2.35. The van der Waals surface area contributed by atoms with Crippen LogP contribution < -0.4 is 20.7 Å². The summed E-state index contributed by atoms with van der Waals surface area (Å²) in [6.45, 7) is 0. The quantitative estimate of drug-likeness (QED) is 0.188. The number of benzene rings is 4. The second-order valence-electron chi connectivity index (χ2n) is 7.00. The molecule has 29 heavy (non-hydrogen) atoms. The summed E-state index contributed by atoms with van der Waals surface area (Å²) in [6, 6.07) is 33.3. The van der Waals surface area contributed by atoms with Gasteiger partial charge in [0, 0.05) is 22.9 Å². The second kappa shape index (κ2) is 7.89. The van der Waals surface area contributed by atoms with Crippen LogP contribution in [0, 0.1) is 3.57 Å². The summed E-state index contributed by atoms with van der Waals surface area (Å²) in [5.74, 6) is 0. The minimum Gasteiger partial charge on any atom is -0.0902 e. The molecule has 5 rings (SSSR count). The molecule has 1 atom stereocenters. The Morgan fingerprint density at radius 1 is 0.724 bits per heavy atom. The summed E-state index contributed by atoms with van der Waals surface area (Å²) in [4.78, 5) is 2.60. The summed E-state index contributed by atoms with van der Waals surface area (Å²) in [6.07, 6.45) is 0. The third-order valence-corrected chi connectivity index (χ3v) is 13.3. The Morgan fingerprint density at radius 3 is 2.07 bits per heavy atom. The number of halogens is 3. The molecule has 0 N–H and O–H groups in total. The molecule has 0 nitrogen and oxygen atoms in total. The van der Waals surface area contributed by atoms with Gasteiger partial charge < -0.3 is 0 Å². The lowest BCUT2D eigenvalue weighted by atomic mass is 10.3. The van der Waals surface area contributed by atoms with Crippen molar-refractivity contribution in [3.8, 4) is 0 Å². The molecular formula is C24H15BrClISSi. The first kappa shape index (κ1) is 19.9. The van der Waals surface area contributed by atoms with E-state index < -0.39 is 8.07 Å². The first-order valence-electron chi connectivity index (χ1n) is 9.18. The molecule has 0 spiro atoms. The molecule has 1 unspecified atom stereocenters. The number of rotatable bonds is 2. The van der Waals surface area contributed by atoms with Crippen molar-refractivity contribution >= 4 is 90.7 Å². The van der Waals surface area contributed by atoms with Gasteiger partial charge in [-0.05, 0) is 85.8 Å². The van der Waals surface area contributed by atoms with E-state index in [4.69, 9.17) is 11.6 Å². The van der Waals surface area contributed by atoms with Crippen LogP contribution in [0.4, 0.5) is 0 Å². The van der Waals surface area contributed by atoms with Crippen molar-refractivity contribution in [1.82, 2.24) is 0 Å². The van der Waals surface area contributed by atoms with E-state index in [9.17, 15) is 0 Å². The Kier molecular flexibility index (Phi) is 5.41. The van der Waals surface area contributed by atoms with Crippen LogP contribution in [0.3, 0.4) is 0 Å². The van der Waals surface area contributed by atoms with Gasteiger partial charge in [-0.1, -0.05) is 87.8 Å². The zero-order chi connectivity index (χ0) is 20.0. The van der Waals surface area contributed by atoms with Crippen LogP contribution in [0.5, 0.6) is 0 Å². The van der Waals surface area contributed by atoms with Gasteiger partial charge in [0.15, 0.2) is 8.07 Å². The SMILES string of the molecule is Clc1ccc2c(c1)Sc1ccccc1[Si]2(c1ccc(Br)cc1)c1ccc(I)cc1. The van der Waals surface area contributed by atoms with Crippen molar-refractivity contribution in [1.29, 1.82) is 0 Å². The lowest BCUT2D eigenvalue weighted by Crippen LogP contribution is -2.76. The van der Waals surface area contributed by atoms with Crippen molar-refractivity contribution in [3.63, 3.8) is 0 Å². The van der Waals surface area contributed by atoms with Crippen LogP contribution >= 0.6 is 61.9 Å². The minimum atomic E-state index is -2.45. The maximum atomic E-state index is 6.43. The molecule has 1 heterocycles. The van der Waals surface area contributed by atoms with Crippen molar-refractivity contribution in [2.75, 3.05) is 0 Å². The predicted molar refractivity (Wildman–Crippen MR) is 140 cm³/mol. The highest BCUT2D eigenvalue weighted by molar-refractivity contribution is 14.1. The fourth-order valence-electron chi connectivity index (χ4n) is 4.21. The van der Waals surface area contributed by atoms with Gasteiger partial charge in [0.2, 0.25) is 0 Å². The minimum absolute atomic E-state index is 0.789. The largest absolute Gasteiger partial charge is 0.181 e. The van der Waals surface area contributed by atoms with Crippen molar-refractivity contribution < 1.29 is 0 Å². The molecule has 1 aliphatic rings. The summed E-state index contributed by atoms with van der Waals surface area (Å²) >= 11 is 14.3. The van der Waals surface area contributed by atoms with E-state index in [0.717, 1.165) is 9.50 Å². The van der Waals surface area contributed by atoms with Crippen molar-refractivity contribution in [2.45, 2.75) is 9.79 Å². The van der Waals surface area contributed by atoms with E-state index in [2.05, 4.69) is 123 Å². The van der Waals surface area contributed by atoms with Gasteiger partial charge in [-0.15, -0.1) is 0 Å². The molecule has 1 aliphatic heterocycles. The van der Waals surface area contributed by atoms with Crippen molar-refractivity contribution in [3.05, 3.63) is 104 Å². The number of hydrogen-bond acceptors (Lipinski definition) is 1. The van der Waals surface area contributed by atoms with E-state index in [1.807, 2.05) is 17.8 Å². The normalized spacial score (nSPS) is 17.5. The van der Waals surface area contributed by atoms with Crippen molar-refractivity contribution in [2.24, 2.45) is 0 Å². The van der Waals surface area contributed by atoms with Gasteiger partial charge in [0.1, 0.15) is 0 Å². The average Bonchev–Trinajstić information content (AvgIpc) is 2.73. The van der Waals surface area contributed by atoms with E-state index in [0.29, 0.717) is 0 Å². The van der Waals surface area contributed by atoms with Gasteiger partial charge in [-0.2, -0.15) is 0 Å². The van der Waals surface area contributed by atoms with Gasteiger partial charge in [-0.25, -0.2) is 0 Å². The van der Waals surface area contributed by atoms with Crippen LogP contribution in [0.25, 0.3) is 0 Å². The molecule has 142 valence electrons. The highest BCUT2D eigenvalue weighted by atomic mass is 127. The molecule has 0 aliphatic carbocycles. The van der Waals surface area contributed by atoms with E-state index >= 15 is 0 Å². The van der Waals surface area contributed by atoms with E-state index in [1.54, 1.807) is 0 Å². The first-order chi connectivity index (χ1) is 14.1. The molecule has 0 saturated carbocycles. The van der Waals surface area contributed by atoms with Crippen LogP contribution in [-0.2, 0) is 0 Å². The van der Waals surface area contributed by atoms with E-state index in [-0.39, 0.29) is 0 Å². The topological polar surface area (TPSA) is 0 Å². The van der Waals surface area contributed by atoms with Crippen LogP contribution in [0.2, 0.25) is 5.02 Å². The Bertz CT molecular complexity index is 1160. The zero-order valence-electron chi connectivity index (χ0n) is 15.2. The predicted octanol–water partition coefficient (Wildman–Crippen LogP) is 5.55. The molecule has 0 amide bonds. The van der Waals surface area contributed by atoms with Gasteiger partial charge in [-0.3, -0.25) is 0 Å². The molecule has 0 aromatic heterocycles. The molecule has 5 heteroatoms. The average molecular weight is 606 g/mol. The standard InChI is InChI=1S/C24H15BrClISSi/c25-16-5-10-19(11-6-16)29(20-12-8-18(27)9-13-20)23-4-2-1-3-21(23)28-22-15-17(26)7-14-24(22)29/h1-15H. The number of hydrogen-bond donors (Lipinski definition) is 0. The summed E-state index contributed by atoms with van der Waals surface area (Å²) in [7, 11) is -2.45. The molecule has 4 aromatic carbocycles. The third-order valence-electron chi connectivity index (χ3n) is 5.41. The van der Waals surface area contributed by atoms with Crippen LogP contribution in [-0.4, -0.2) is 8.07 Å². The van der Waals surface area contributed by atoms with E-state index in [1.165, 1.54) is 34.1 Å². The molecule has 0 saturated heterocycles. The summed E-state index contributed by atoms with van der Waals surface area (Å²) in [5, 5.41) is 6.43. The highest BCUT2D eigenvalue weighted by Crippen LogP contribution is 2.34. The smallest absolute Gasteiger partial charge is 0.0902 e. The molecule has 0 radical (unpaired) electrons. The van der Waals surface area contributed by atoms with Gasteiger partial charge in [0.05, 0.1) is 0 Å². The third kappa shape index (κ3) is 3.33. The zero-order valence-corrected chi connectivity index (χ0v) is 21.5. The lowest BCUT2D eigenvalue weighted by Gasteiger charge is -2.40.